The minimum absolute atomic E-state index is 0.169. The van der Waals surface area contributed by atoms with Gasteiger partial charge in [0.05, 0.1) is 17.9 Å². The van der Waals surface area contributed by atoms with Crippen molar-refractivity contribution in [1.29, 1.82) is 0 Å². The Morgan fingerprint density at radius 2 is 1.86 bits per heavy atom. The number of rotatable bonds is 9. The second-order valence-corrected chi connectivity index (χ2v) is 12.5. The van der Waals surface area contributed by atoms with Gasteiger partial charge in [-0.25, -0.2) is 17.5 Å². The zero-order valence-corrected chi connectivity index (χ0v) is 22.7. The van der Waals surface area contributed by atoms with Crippen molar-refractivity contribution < 1.29 is 22.3 Å². The maximum Gasteiger partial charge on any atom is 0.267 e. The number of carbonyl (C=O) groups is 1. The molecule has 2 fully saturated rings. The molecule has 196 valence electrons. The molecule has 0 unspecified atom stereocenters. The van der Waals surface area contributed by atoms with Crippen LogP contribution in [0.4, 0.5) is 4.39 Å². The number of carbonyl (C=O) groups excluding carboxylic acids is 1. The molecular weight excluding hydrogens is 526 g/mol. The van der Waals surface area contributed by atoms with Crippen LogP contribution >= 0.6 is 23.2 Å². The average molecular weight is 558 g/mol. The fourth-order valence-electron chi connectivity index (χ4n) is 4.60. The average Bonchev–Trinajstić information content (AvgIpc) is 3.68. The molecule has 0 aromatic heterocycles. The molecular formula is C26H31Cl2FN2O4S. The fourth-order valence-corrected chi connectivity index (χ4v) is 5.71. The Morgan fingerprint density at radius 3 is 2.47 bits per heavy atom. The predicted molar refractivity (Wildman–Crippen MR) is 140 cm³/mol. The second kappa shape index (κ2) is 11.3. The summed E-state index contributed by atoms with van der Waals surface area (Å²) in [7, 11) is -3.78. The first-order chi connectivity index (χ1) is 17.1. The summed E-state index contributed by atoms with van der Waals surface area (Å²) in [5.74, 6) is -1.05. The van der Waals surface area contributed by atoms with E-state index in [1.807, 2.05) is 16.9 Å². The van der Waals surface area contributed by atoms with Crippen LogP contribution in [0.5, 0.6) is 5.75 Å². The first-order valence-electron chi connectivity index (χ1n) is 12.3. The first kappa shape index (κ1) is 27.2. The van der Waals surface area contributed by atoms with Gasteiger partial charge >= 0.3 is 0 Å². The highest BCUT2D eigenvalue weighted by Gasteiger charge is 2.31. The molecule has 10 heteroatoms. The van der Waals surface area contributed by atoms with E-state index in [4.69, 9.17) is 27.9 Å². The van der Waals surface area contributed by atoms with Crippen molar-refractivity contribution in [3.05, 3.63) is 62.9 Å². The Labute approximate surface area is 222 Å². The molecule has 6 nitrogen and oxygen atoms in total. The largest absolute Gasteiger partial charge is 0.493 e. The van der Waals surface area contributed by atoms with Crippen LogP contribution in [-0.2, 0) is 10.0 Å². The van der Waals surface area contributed by atoms with E-state index in [9.17, 15) is 17.6 Å². The molecule has 1 aliphatic heterocycles. The number of hydrogen-bond donors (Lipinski definition) is 1. The minimum Gasteiger partial charge on any atom is -0.493 e. The van der Waals surface area contributed by atoms with E-state index in [1.54, 1.807) is 6.07 Å². The number of piperidine rings is 1. The highest BCUT2D eigenvalue weighted by molar-refractivity contribution is 7.90. The summed E-state index contributed by atoms with van der Waals surface area (Å²) >= 11 is 12.4. The summed E-state index contributed by atoms with van der Waals surface area (Å²) in [6, 6.07) is 8.43. The quantitative estimate of drug-likeness (QED) is 0.413. The number of nitrogens with one attached hydrogen (secondary N) is 1. The number of likely N-dealkylation sites (tertiary alicyclic amines) is 1. The molecule has 0 spiro atoms. The Bertz CT molecular complexity index is 1230. The van der Waals surface area contributed by atoms with Crippen molar-refractivity contribution in [2.24, 2.45) is 5.92 Å². The number of benzene rings is 2. The third kappa shape index (κ3) is 6.52. The number of nitrogens with zero attached hydrogens (tertiary/aromatic N) is 1. The van der Waals surface area contributed by atoms with Gasteiger partial charge in [-0.2, -0.15) is 0 Å². The van der Waals surface area contributed by atoms with Crippen LogP contribution < -0.4 is 9.46 Å². The van der Waals surface area contributed by atoms with E-state index in [1.165, 1.54) is 19.1 Å². The van der Waals surface area contributed by atoms with Gasteiger partial charge in [0.15, 0.2) is 0 Å². The summed E-state index contributed by atoms with van der Waals surface area (Å²) in [5.41, 5.74) is 1.54. The Morgan fingerprint density at radius 1 is 1.17 bits per heavy atom. The molecule has 1 N–H and O–H groups in total. The van der Waals surface area contributed by atoms with E-state index in [0.29, 0.717) is 28.3 Å². The third-order valence-electron chi connectivity index (χ3n) is 7.07. The monoisotopic (exact) mass is 556 g/mol. The number of amides is 1. The van der Waals surface area contributed by atoms with Crippen LogP contribution in [0.15, 0.2) is 30.3 Å². The SMILES string of the molecule is CCS(=O)(=O)NC(=O)c1cc(C2CC2)c(OCC2CCN([C@@H](C)c3ccc(Cl)cc3Cl)CC2)cc1F. The van der Waals surface area contributed by atoms with Crippen LogP contribution in [0.3, 0.4) is 0 Å². The summed E-state index contributed by atoms with van der Waals surface area (Å²) in [6.45, 7) is 5.79. The normalized spacial score (nSPS) is 18.1. The lowest BCUT2D eigenvalue weighted by Gasteiger charge is -2.36. The molecule has 2 aromatic rings. The van der Waals surface area contributed by atoms with Gasteiger partial charge < -0.3 is 4.74 Å². The van der Waals surface area contributed by atoms with E-state index in [-0.39, 0.29) is 23.3 Å². The van der Waals surface area contributed by atoms with Crippen molar-refractivity contribution >= 4 is 39.1 Å². The van der Waals surface area contributed by atoms with E-state index >= 15 is 0 Å². The van der Waals surface area contributed by atoms with Crippen LogP contribution in [0.25, 0.3) is 0 Å². The predicted octanol–water partition coefficient (Wildman–Crippen LogP) is 5.94. The lowest BCUT2D eigenvalue weighted by molar-refractivity contribution is 0.0977. The molecule has 1 saturated carbocycles. The second-order valence-electron chi connectivity index (χ2n) is 9.61. The topological polar surface area (TPSA) is 75.7 Å². The summed E-state index contributed by atoms with van der Waals surface area (Å²) in [6.07, 6.45) is 3.73. The number of ether oxygens (including phenoxy) is 1. The molecule has 1 saturated heterocycles. The summed E-state index contributed by atoms with van der Waals surface area (Å²) in [5, 5.41) is 1.29. The molecule has 0 radical (unpaired) electrons. The molecule has 1 atom stereocenters. The minimum atomic E-state index is -3.78. The Balaban J connectivity index is 1.38. The van der Waals surface area contributed by atoms with Gasteiger partial charge in [0, 0.05) is 22.2 Å². The first-order valence-corrected chi connectivity index (χ1v) is 14.7. The van der Waals surface area contributed by atoms with E-state index < -0.39 is 21.7 Å². The van der Waals surface area contributed by atoms with Gasteiger partial charge in [0.1, 0.15) is 11.6 Å². The van der Waals surface area contributed by atoms with E-state index in [0.717, 1.165) is 49.9 Å². The zero-order chi connectivity index (χ0) is 26.0. The van der Waals surface area contributed by atoms with Gasteiger partial charge in [-0.05, 0) is 93.8 Å². The van der Waals surface area contributed by atoms with Crippen LogP contribution in [-0.4, -0.2) is 44.7 Å². The molecule has 1 heterocycles. The molecule has 1 amide bonds. The van der Waals surface area contributed by atoms with Gasteiger partial charge in [0.25, 0.3) is 5.91 Å². The van der Waals surface area contributed by atoms with Gasteiger partial charge in [-0.3, -0.25) is 9.69 Å². The number of hydrogen-bond acceptors (Lipinski definition) is 5. The van der Waals surface area contributed by atoms with Crippen LogP contribution in [0, 0.1) is 11.7 Å². The van der Waals surface area contributed by atoms with Crippen molar-refractivity contribution in [2.75, 3.05) is 25.4 Å². The van der Waals surface area contributed by atoms with Crippen LogP contribution in [0.1, 0.15) is 73.0 Å². The van der Waals surface area contributed by atoms with Crippen molar-refractivity contribution in [3.63, 3.8) is 0 Å². The highest BCUT2D eigenvalue weighted by Crippen LogP contribution is 2.45. The Kier molecular flexibility index (Phi) is 8.49. The molecule has 0 bridgehead atoms. The lowest BCUT2D eigenvalue weighted by atomic mass is 9.95. The molecule has 2 aromatic carbocycles. The van der Waals surface area contributed by atoms with Gasteiger partial charge in [0.2, 0.25) is 10.0 Å². The van der Waals surface area contributed by atoms with E-state index in [2.05, 4.69) is 11.8 Å². The standard InChI is InChI=1S/C26H31Cl2FN2O4S/c1-3-36(33,34)30-26(32)22-13-21(18-4-5-18)25(14-24(22)29)35-15-17-8-10-31(11-9-17)16(2)20-7-6-19(27)12-23(20)28/h6-7,12-14,16-18H,3-5,8-11,15H2,1-2H3,(H,30,32)/t16-/m0/s1. The summed E-state index contributed by atoms with van der Waals surface area (Å²) in [4.78, 5) is 14.8. The third-order valence-corrected chi connectivity index (χ3v) is 8.89. The maximum atomic E-state index is 14.8. The summed E-state index contributed by atoms with van der Waals surface area (Å²) < 4.78 is 46.3. The lowest BCUT2D eigenvalue weighted by Crippen LogP contribution is -2.37. The zero-order valence-electron chi connectivity index (χ0n) is 20.4. The van der Waals surface area contributed by atoms with Crippen molar-refractivity contribution in [1.82, 2.24) is 9.62 Å². The fraction of sp³-hybridized carbons (Fsp3) is 0.500. The molecule has 2 aliphatic rings. The number of sulfonamides is 1. The number of halogens is 3. The molecule has 4 rings (SSSR count). The highest BCUT2D eigenvalue weighted by atomic mass is 35.5. The smallest absolute Gasteiger partial charge is 0.267 e. The maximum absolute atomic E-state index is 14.8. The van der Waals surface area contributed by atoms with Crippen molar-refractivity contribution in [3.8, 4) is 5.75 Å². The Hall–Kier alpha value is -1.87. The molecule has 36 heavy (non-hydrogen) atoms. The molecule has 1 aliphatic carbocycles. The van der Waals surface area contributed by atoms with Gasteiger partial charge in [-0.1, -0.05) is 29.3 Å². The van der Waals surface area contributed by atoms with Gasteiger partial charge in [-0.15, -0.1) is 0 Å². The van der Waals surface area contributed by atoms with Crippen LogP contribution in [0.2, 0.25) is 10.0 Å². The van der Waals surface area contributed by atoms with Crippen molar-refractivity contribution in [2.45, 2.75) is 51.5 Å².